The number of amides is 1. The minimum atomic E-state index is -3.36. The molecule has 7 nitrogen and oxygen atoms in total. The molecule has 0 saturated heterocycles. The van der Waals surface area contributed by atoms with Gasteiger partial charge in [0.25, 0.3) is 5.91 Å². The van der Waals surface area contributed by atoms with Gasteiger partial charge in [0.2, 0.25) is 10.0 Å². The Bertz CT molecular complexity index is 1050. The Morgan fingerprint density at radius 1 is 1.19 bits per heavy atom. The highest BCUT2D eigenvalue weighted by Gasteiger charge is 2.35. The summed E-state index contributed by atoms with van der Waals surface area (Å²) in [5.74, 6) is 1.18. The SMILES string of the molecule is CCN(c1ccc(C(=O)N[C@@H]2CC(C)(C)Oc3cc(OC)ccc32)cc1)S(=O)(=O)CC. The van der Waals surface area contributed by atoms with Gasteiger partial charge in [-0.05, 0) is 64.1 Å². The molecule has 0 fully saturated rings. The molecule has 1 N–H and O–H groups in total. The molecule has 0 bridgehead atoms. The third-order valence-corrected chi connectivity index (χ3v) is 7.26. The van der Waals surface area contributed by atoms with Crippen LogP contribution in [0.25, 0.3) is 0 Å². The number of hydrogen-bond donors (Lipinski definition) is 1. The summed E-state index contributed by atoms with van der Waals surface area (Å²) in [6.07, 6.45) is 0.620. The van der Waals surface area contributed by atoms with Gasteiger partial charge in [-0.15, -0.1) is 0 Å². The number of sulfonamides is 1. The lowest BCUT2D eigenvalue weighted by Crippen LogP contribution is -2.41. The molecule has 0 spiro atoms. The van der Waals surface area contributed by atoms with E-state index in [9.17, 15) is 13.2 Å². The number of rotatable bonds is 7. The molecular formula is C23H30N2O5S. The van der Waals surface area contributed by atoms with Crippen LogP contribution in [0.15, 0.2) is 42.5 Å². The first kappa shape index (κ1) is 22.9. The Kier molecular flexibility index (Phi) is 6.50. The van der Waals surface area contributed by atoms with E-state index in [1.807, 2.05) is 32.0 Å². The summed E-state index contributed by atoms with van der Waals surface area (Å²) in [4.78, 5) is 13.0. The summed E-state index contributed by atoms with van der Waals surface area (Å²) in [6.45, 7) is 7.70. The summed E-state index contributed by atoms with van der Waals surface area (Å²) in [6, 6.07) is 12.0. The van der Waals surface area contributed by atoms with E-state index in [1.165, 1.54) is 4.31 Å². The van der Waals surface area contributed by atoms with E-state index in [4.69, 9.17) is 9.47 Å². The predicted molar refractivity (Wildman–Crippen MR) is 121 cm³/mol. The summed E-state index contributed by atoms with van der Waals surface area (Å²) in [5.41, 5.74) is 1.46. The number of methoxy groups -OCH3 is 1. The number of benzene rings is 2. The van der Waals surface area contributed by atoms with E-state index in [1.54, 1.807) is 45.2 Å². The standard InChI is InChI=1S/C23H30N2O5S/c1-6-25(31(27,28)7-2)17-10-8-16(9-11-17)22(26)24-20-15-23(3,4)30-21-14-18(29-5)12-13-19(20)21/h8-14,20H,6-7,15H2,1-5H3,(H,24,26)/t20-/m1/s1. The molecule has 0 aromatic heterocycles. The number of hydrogen-bond acceptors (Lipinski definition) is 5. The number of fused-ring (bicyclic) bond motifs is 1. The van der Waals surface area contributed by atoms with Crippen LogP contribution < -0.4 is 19.1 Å². The van der Waals surface area contributed by atoms with Crippen molar-refractivity contribution in [3.63, 3.8) is 0 Å². The number of nitrogens with one attached hydrogen (secondary N) is 1. The fraction of sp³-hybridized carbons (Fsp3) is 0.435. The molecule has 1 aliphatic rings. The van der Waals surface area contributed by atoms with Crippen LogP contribution in [-0.2, 0) is 10.0 Å². The van der Waals surface area contributed by atoms with Crippen LogP contribution in [0.1, 0.15) is 56.1 Å². The van der Waals surface area contributed by atoms with Crippen LogP contribution in [0.3, 0.4) is 0 Å². The lowest BCUT2D eigenvalue weighted by Gasteiger charge is -2.38. The van der Waals surface area contributed by atoms with Gasteiger partial charge in [-0.1, -0.05) is 0 Å². The van der Waals surface area contributed by atoms with E-state index in [2.05, 4.69) is 5.32 Å². The largest absolute Gasteiger partial charge is 0.497 e. The quantitative estimate of drug-likeness (QED) is 0.697. The summed E-state index contributed by atoms with van der Waals surface area (Å²) >= 11 is 0. The van der Waals surface area contributed by atoms with Gasteiger partial charge in [0.1, 0.15) is 17.1 Å². The Balaban J connectivity index is 1.82. The molecular weight excluding hydrogens is 416 g/mol. The molecule has 2 aromatic carbocycles. The molecule has 0 unspecified atom stereocenters. The van der Waals surface area contributed by atoms with Crippen molar-refractivity contribution < 1.29 is 22.7 Å². The predicted octanol–water partition coefficient (Wildman–Crippen LogP) is 3.90. The fourth-order valence-corrected chi connectivity index (χ4v) is 4.95. The van der Waals surface area contributed by atoms with Crippen LogP contribution in [0.2, 0.25) is 0 Å². The minimum Gasteiger partial charge on any atom is -0.497 e. The van der Waals surface area contributed by atoms with Crippen molar-refractivity contribution in [3.05, 3.63) is 53.6 Å². The number of carbonyl (C=O) groups is 1. The smallest absolute Gasteiger partial charge is 0.251 e. The van der Waals surface area contributed by atoms with Gasteiger partial charge in [-0.2, -0.15) is 0 Å². The lowest BCUT2D eigenvalue weighted by atomic mass is 9.89. The average Bonchev–Trinajstić information content (AvgIpc) is 2.73. The first-order valence-electron chi connectivity index (χ1n) is 10.4. The Labute approximate surface area is 184 Å². The van der Waals surface area contributed by atoms with E-state index in [0.29, 0.717) is 35.7 Å². The molecule has 0 saturated carbocycles. The van der Waals surface area contributed by atoms with Gasteiger partial charge in [-0.25, -0.2) is 8.42 Å². The van der Waals surface area contributed by atoms with Crippen molar-refractivity contribution in [3.8, 4) is 11.5 Å². The lowest BCUT2D eigenvalue weighted by molar-refractivity contribution is 0.0617. The van der Waals surface area contributed by atoms with E-state index in [-0.39, 0.29) is 17.7 Å². The van der Waals surface area contributed by atoms with Gasteiger partial charge in [0.15, 0.2) is 0 Å². The Morgan fingerprint density at radius 3 is 2.45 bits per heavy atom. The van der Waals surface area contributed by atoms with Gasteiger partial charge >= 0.3 is 0 Å². The summed E-state index contributed by atoms with van der Waals surface area (Å²) < 4.78 is 37.2. The molecule has 3 rings (SSSR count). The third kappa shape index (κ3) is 4.95. The molecule has 1 amide bonds. The van der Waals surface area contributed by atoms with Crippen molar-refractivity contribution in [2.45, 2.75) is 45.8 Å². The molecule has 0 radical (unpaired) electrons. The number of anilines is 1. The minimum absolute atomic E-state index is 0.0206. The zero-order valence-electron chi connectivity index (χ0n) is 18.6. The van der Waals surface area contributed by atoms with Crippen molar-refractivity contribution in [2.24, 2.45) is 0 Å². The van der Waals surface area contributed by atoms with Gasteiger partial charge in [-0.3, -0.25) is 9.10 Å². The number of carbonyl (C=O) groups excluding carboxylic acids is 1. The first-order chi connectivity index (χ1) is 14.6. The zero-order valence-corrected chi connectivity index (χ0v) is 19.5. The highest BCUT2D eigenvalue weighted by molar-refractivity contribution is 7.92. The van der Waals surface area contributed by atoms with Crippen LogP contribution in [0.5, 0.6) is 11.5 Å². The molecule has 8 heteroatoms. The second kappa shape index (κ2) is 8.78. The highest BCUT2D eigenvalue weighted by atomic mass is 32.2. The molecule has 2 aromatic rings. The zero-order chi connectivity index (χ0) is 22.8. The van der Waals surface area contributed by atoms with Crippen LogP contribution in [0.4, 0.5) is 5.69 Å². The molecule has 1 heterocycles. The third-order valence-electron chi connectivity index (χ3n) is 5.39. The first-order valence-corrected chi connectivity index (χ1v) is 12.0. The molecule has 1 aliphatic heterocycles. The van der Waals surface area contributed by atoms with E-state index in [0.717, 1.165) is 5.56 Å². The maximum Gasteiger partial charge on any atom is 0.251 e. The van der Waals surface area contributed by atoms with E-state index < -0.39 is 15.6 Å². The fourth-order valence-electron chi connectivity index (χ4n) is 3.80. The van der Waals surface area contributed by atoms with Crippen molar-refractivity contribution in [2.75, 3.05) is 23.7 Å². The van der Waals surface area contributed by atoms with E-state index >= 15 is 0 Å². The van der Waals surface area contributed by atoms with Crippen molar-refractivity contribution in [1.82, 2.24) is 5.32 Å². The van der Waals surface area contributed by atoms with Gasteiger partial charge in [0.05, 0.1) is 24.6 Å². The normalized spacial score (nSPS) is 17.3. The second-order valence-corrected chi connectivity index (χ2v) is 10.3. The van der Waals surface area contributed by atoms with Crippen molar-refractivity contribution >= 4 is 21.6 Å². The molecule has 168 valence electrons. The van der Waals surface area contributed by atoms with Gasteiger partial charge < -0.3 is 14.8 Å². The molecule has 31 heavy (non-hydrogen) atoms. The van der Waals surface area contributed by atoms with Crippen molar-refractivity contribution in [1.29, 1.82) is 0 Å². The summed E-state index contributed by atoms with van der Waals surface area (Å²) in [5, 5.41) is 3.10. The van der Waals surface area contributed by atoms with Crippen LogP contribution in [0, 0.1) is 0 Å². The topological polar surface area (TPSA) is 84.9 Å². The monoisotopic (exact) mass is 446 g/mol. The highest BCUT2D eigenvalue weighted by Crippen LogP contribution is 2.41. The van der Waals surface area contributed by atoms with Gasteiger partial charge in [0, 0.05) is 30.2 Å². The number of ether oxygens (including phenoxy) is 2. The Morgan fingerprint density at radius 2 is 1.87 bits per heavy atom. The van der Waals surface area contributed by atoms with Crippen LogP contribution >= 0.6 is 0 Å². The summed E-state index contributed by atoms with van der Waals surface area (Å²) in [7, 11) is -1.76. The molecule has 0 aliphatic carbocycles. The molecule has 1 atom stereocenters. The maximum atomic E-state index is 13.0. The average molecular weight is 447 g/mol. The van der Waals surface area contributed by atoms with Crippen LogP contribution in [-0.4, -0.2) is 39.3 Å². The maximum absolute atomic E-state index is 13.0. The Hall–Kier alpha value is -2.74. The number of nitrogens with zero attached hydrogens (tertiary/aromatic N) is 1. The second-order valence-electron chi connectivity index (χ2n) is 8.11.